The number of carbonyl (C=O) groups excluding carboxylic acids is 1. The van der Waals surface area contributed by atoms with E-state index in [9.17, 15) is 4.79 Å². The van der Waals surface area contributed by atoms with Gasteiger partial charge in [0.1, 0.15) is 0 Å². The molecule has 1 aliphatic heterocycles. The predicted molar refractivity (Wildman–Crippen MR) is 65.6 cm³/mol. The number of aryl methyl sites for hydroxylation is 2. The van der Waals surface area contributed by atoms with Gasteiger partial charge >= 0.3 is 0 Å². The van der Waals surface area contributed by atoms with Gasteiger partial charge < -0.3 is 10.6 Å². The van der Waals surface area contributed by atoms with E-state index in [1.54, 1.807) is 4.90 Å². The average molecular weight is 218 g/mol. The Morgan fingerprint density at radius 3 is 2.25 bits per heavy atom. The predicted octanol–water partition coefficient (Wildman–Crippen LogP) is 1.68. The molecular weight excluding hydrogens is 200 g/mol. The van der Waals surface area contributed by atoms with E-state index in [1.807, 2.05) is 0 Å². The molecule has 0 spiro atoms. The van der Waals surface area contributed by atoms with Gasteiger partial charge in [-0.2, -0.15) is 0 Å². The van der Waals surface area contributed by atoms with Crippen LogP contribution in [0.3, 0.4) is 0 Å². The maximum atomic E-state index is 11.7. The first-order chi connectivity index (χ1) is 7.49. The van der Waals surface area contributed by atoms with Gasteiger partial charge in [-0.25, -0.2) is 0 Å². The molecule has 0 bridgehead atoms. The third-order valence-electron chi connectivity index (χ3n) is 3.38. The summed E-state index contributed by atoms with van der Waals surface area (Å²) in [4.78, 5) is 13.5. The zero-order valence-electron chi connectivity index (χ0n) is 10.1. The summed E-state index contributed by atoms with van der Waals surface area (Å²) in [6, 6.07) is 4.12. The van der Waals surface area contributed by atoms with Crippen LogP contribution < -0.4 is 10.6 Å². The average Bonchev–Trinajstić information content (AvgIpc) is 2.53. The minimum Gasteiger partial charge on any atom is -0.326 e. The summed E-state index contributed by atoms with van der Waals surface area (Å²) >= 11 is 0. The molecule has 16 heavy (non-hydrogen) atoms. The van der Waals surface area contributed by atoms with Crippen molar-refractivity contribution in [3.05, 3.63) is 28.8 Å². The van der Waals surface area contributed by atoms with Crippen LogP contribution in [-0.2, 0) is 4.79 Å². The summed E-state index contributed by atoms with van der Waals surface area (Å²) in [6.45, 7) is 6.89. The van der Waals surface area contributed by atoms with Crippen molar-refractivity contribution >= 4 is 11.6 Å². The van der Waals surface area contributed by atoms with Crippen LogP contribution in [-0.4, -0.2) is 18.5 Å². The largest absolute Gasteiger partial charge is 0.326 e. The normalized spacial score (nSPS) is 20.6. The van der Waals surface area contributed by atoms with Crippen molar-refractivity contribution < 1.29 is 4.79 Å². The van der Waals surface area contributed by atoms with Gasteiger partial charge in [-0.15, -0.1) is 0 Å². The quantitative estimate of drug-likeness (QED) is 0.779. The molecule has 0 aliphatic carbocycles. The van der Waals surface area contributed by atoms with Crippen LogP contribution >= 0.6 is 0 Å². The van der Waals surface area contributed by atoms with Gasteiger partial charge in [0, 0.05) is 24.7 Å². The van der Waals surface area contributed by atoms with Gasteiger partial charge in [0.2, 0.25) is 5.91 Å². The molecule has 0 saturated carbocycles. The fourth-order valence-corrected chi connectivity index (χ4v) is 2.15. The van der Waals surface area contributed by atoms with E-state index < -0.39 is 0 Å². The number of benzene rings is 1. The Morgan fingerprint density at radius 1 is 1.25 bits per heavy atom. The fourth-order valence-electron chi connectivity index (χ4n) is 2.15. The SMILES string of the molecule is Cc1cc(N2CC(N)CC2=O)cc(C)c1C. The second-order valence-corrected chi connectivity index (χ2v) is 4.67. The molecule has 1 heterocycles. The summed E-state index contributed by atoms with van der Waals surface area (Å²) < 4.78 is 0. The number of anilines is 1. The maximum Gasteiger partial charge on any atom is 0.228 e. The first-order valence-corrected chi connectivity index (χ1v) is 5.63. The molecule has 1 aliphatic rings. The summed E-state index contributed by atoms with van der Waals surface area (Å²) in [5, 5.41) is 0. The lowest BCUT2D eigenvalue weighted by atomic mass is 10.0. The van der Waals surface area contributed by atoms with E-state index in [2.05, 4.69) is 32.9 Å². The van der Waals surface area contributed by atoms with Crippen LogP contribution in [0.2, 0.25) is 0 Å². The Labute approximate surface area is 96.2 Å². The summed E-state index contributed by atoms with van der Waals surface area (Å²) in [5.74, 6) is 0.134. The summed E-state index contributed by atoms with van der Waals surface area (Å²) in [5.41, 5.74) is 10.5. The van der Waals surface area contributed by atoms with Crippen molar-refractivity contribution in [3.8, 4) is 0 Å². The van der Waals surface area contributed by atoms with E-state index in [0.29, 0.717) is 13.0 Å². The number of nitrogens with zero attached hydrogens (tertiary/aromatic N) is 1. The molecule has 2 rings (SSSR count). The van der Waals surface area contributed by atoms with Gasteiger partial charge in [-0.1, -0.05) is 0 Å². The summed E-state index contributed by atoms with van der Waals surface area (Å²) in [7, 11) is 0. The minimum atomic E-state index is -0.0191. The molecule has 0 aromatic heterocycles. The van der Waals surface area contributed by atoms with Crippen molar-refractivity contribution in [2.75, 3.05) is 11.4 Å². The Hall–Kier alpha value is -1.35. The number of nitrogens with two attached hydrogens (primary N) is 1. The van der Waals surface area contributed by atoms with Crippen LogP contribution in [0.4, 0.5) is 5.69 Å². The van der Waals surface area contributed by atoms with Crippen LogP contribution in [0.25, 0.3) is 0 Å². The third-order valence-corrected chi connectivity index (χ3v) is 3.38. The highest BCUT2D eigenvalue weighted by Crippen LogP contribution is 2.25. The highest BCUT2D eigenvalue weighted by atomic mass is 16.2. The highest BCUT2D eigenvalue weighted by molar-refractivity contribution is 5.96. The molecule has 0 radical (unpaired) electrons. The van der Waals surface area contributed by atoms with Crippen molar-refractivity contribution in [1.29, 1.82) is 0 Å². The molecule has 86 valence electrons. The molecule has 1 unspecified atom stereocenters. The maximum absolute atomic E-state index is 11.7. The lowest BCUT2D eigenvalue weighted by molar-refractivity contribution is -0.117. The molecular formula is C13H18N2O. The molecule has 3 heteroatoms. The van der Waals surface area contributed by atoms with Gasteiger partial charge in [0.25, 0.3) is 0 Å². The molecule has 1 fully saturated rings. The van der Waals surface area contributed by atoms with E-state index >= 15 is 0 Å². The standard InChI is InChI=1S/C13H18N2O/c1-8-4-12(5-9(2)10(8)3)15-7-11(14)6-13(15)16/h4-5,11H,6-7,14H2,1-3H3. The second-order valence-electron chi connectivity index (χ2n) is 4.67. The van der Waals surface area contributed by atoms with Crippen LogP contribution in [0.1, 0.15) is 23.1 Å². The summed E-state index contributed by atoms with van der Waals surface area (Å²) in [6.07, 6.45) is 0.464. The van der Waals surface area contributed by atoms with Crippen molar-refractivity contribution in [2.24, 2.45) is 5.73 Å². The molecule has 1 atom stereocenters. The Morgan fingerprint density at radius 2 is 1.81 bits per heavy atom. The molecule has 1 aromatic carbocycles. The lowest BCUT2D eigenvalue weighted by Crippen LogP contribution is -2.28. The lowest BCUT2D eigenvalue weighted by Gasteiger charge is -2.18. The van der Waals surface area contributed by atoms with E-state index in [4.69, 9.17) is 5.73 Å². The fraction of sp³-hybridized carbons (Fsp3) is 0.462. The van der Waals surface area contributed by atoms with Gasteiger partial charge in [0.15, 0.2) is 0 Å². The van der Waals surface area contributed by atoms with Crippen molar-refractivity contribution in [1.82, 2.24) is 0 Å². The first-order valence-electron chi connectivity index (χ1n) is 5.63. The number of rotatable bonds is 1. The molecule has 1 aromatic rings. The number of hydrogen-bond donors (Lipinski definition) is 1. The zero-order valence-corrected chi connectivity index (χ0v) is 10.1. The Balaban J connectivity index is 2.38. The van der Waals surface area contributed by atoms with Crippen LogP contribution in [0, 0.1) is 20.8 Å². The van der Waals surface area contributed by atoms with Crippen LogP contribution in [0.5, 0.6) is 0 Å². The van der Waals surface area contributed by atoms with Crippen LogP contribution in [0.15, 0.2) is 12.1 Å². The Bertz CT molecular complexity index is 417. The first kappa shape index (κ1) is 11.1. The van der Waals surface area contributed by atoms with Gasteiger partial charge in [-0.3, -0.25) is 4.79 Å². The van der Waals surface area contributed by atoms with Crippen molar-refractivity contribution in [2.45, 2.75) is 33.2 Å². The zero-order chi connectivity index (χ0) is 11.9. The van der Waals surface area contributed by atoms with E-state index in [0.717, 1.165) is 5.69 Å². The number of hydrogen-bond acceptors (Lipinski definition) is 2. The Kier molecular flexibility index (Phi) is 2.72. The third kappa shape index (κ3) is 1.83. The van der Waals surface area contributed by atoms with E-state index in [1.165, 1.54) is 16.7 Å². The molecule has 1 amide bonds. The second kappa shape index (κ2) is 3.91. The highest BCUT2D eigenvalue weighted by Gasteiger charge is 2.28. The molecule has 1 saturated heterocycles. The van der Waals surface area contributed by atoms with Gasteiger partial charge in [-0.05, 0) is 49.6 Å². The van der Waals surface area contributed by atoms with Crippen molar-refractivity contribution in [3.63, 3.8) is 0 Å². The number of amides is 1. The smallest absolute Gasteiger partial charge is 0.228 e. The molecule has 3 nitrogen and oxygen atoms in total. The molecule has 2 N–H and O–H groups in total. The number of carbonyl (C=O) groups is 1. The van der Waals surface area contributed by atoms with E-state index in [-0.39, 0.29) is 11.9 Å². The monoisotopic (exact) mass is 218 g/mol. The topological polar surface area (TPSA) is 46.3 Å². The van der Waals surface area contributed by atoms with Gasteiger partial charge in [0.05, 0.1) is 0 Å². The minimum absolute atomic E-state index is 0.0191.